The van der Waals surface area contributed by atoms with Gasteiger partial charge in [-0.05, 0) is 39.8 Å². The minimum absolute atomic E-state index is 0.151. The van der Waals surface area contributed by atoms with E-state index in [9.17, 15) is 8.42 Å². The molecule has 0 radical (unpaired) electrons. The highest BCUT2D eigenvalue weighted by molar-refractivity contribution is 7.90. The summed E-state index contributed by atoms with van der Waals surface area (Å²) in [5.41, 5.74) is 0. The number of rotatable bonds is 2. The molecule has 2 saturated heterocycles. The van der Waals surface area contributed by atoms with Crippen LogP contribution in [0.3, 0.4) is 0 Å². The molecule has 0 aromatic heterocycles. The predicted octanol–water partition coefficient (Wildman–Crippen LogP) is 0.484. The Labute approximate surface area is 117 Å². The van der Waals surface area contributed by atoms with E-state index >= 15 is 0 Å². The quantitative estimate of drug-likeness (QED) is 0.803. The second-order valence-electron chi connectivity index (χ2n) is 6.24. The summed E-state index contributed by atoms with van der Waals surface area (Å²) in [4.78, 5) is 2.36. The van der Waals surface area contributed by atoms with Gasteiger partial charge in [0.15, 0.2) is 0 Å². The van der Waals surface area contributed by atoms with E-state index in [1.165, 1.54) is 0 Å². The number of likely N-dealkylation sites (tertiary alicyclic amines) is 1. The Bertz CT molecular complexity index is 408. The van der Waals surface area contributed by atoms with Gasteiger partial charge in [-0.15, -0.1) is 0 Å². The van der Waals surface area contributed by atoms with Gasteiger partial charge in [0.05, 0.1) is 4.75 Å². The predicted molar refractivity (Wildman–Crippen MR) is 77.7 cm³/mol. The molecule has 2 heterocycles. The van der Waals surface area contributed by atoms with E-state index in [1.54, 1.807) is 4.31 Å². The SMILES string of the molecule is CCN1CCCC(N2CCNCC(C)(C)S2(=O)=O)C1. The number of nitrogens with one attached hydrogen (secondary N) is 1. The summed E-state index contributed by atoms with van der Waals surface area (Å²) < 4.78 is 26.7. The molecule has 19 heavy (non-hydrogen) atoms. The van der Waals surface area contributed by atoms with Crippen LogP contribution in [-0.4, -0.2) is 67.7 Å². The Morgan fingerprint density at radius 3 is 2.74 bits per heavy atom. The average molecular weight is 289 g/mol. The molecule has 2 aliphatic rings. The third-order valence-electron chi connectivity index (χ3n) is 4.40. The van der Waals surface area contributed by atoms with Gasteiger partial charge in [-0.1, -0.05) is 6.92 Å². The van der Waals surface area contributed by atoms with Crippen LogP contribution in [0.4, 0.5) is 0 Å². The van der Waals surface area contributed by atoms with Crippen molar-refractivity contribution in [3.63, 3.8) is 0 Å². The van der Waals surface area contributed by atoms with E-state index in [0.717, 1.165) is 39.0 Å². The Kier molecular flexibility index (Phi) is 4.55. The lowest BCUT2D eigenvalue weighted by Crippen LogP contribution is -2.54. The minimum Gasteiger partial charge on any atom is -0.314 e. The molecule has 2 fully saturated rings. The zero-order chi connectivity index (χ0) is 14.1. The van der Waals surface area contributed by atoms with Gasteiger partial charge in [0.2, 0.25) is 10.0 Å². The van der Waals surface area contributed by atoms with Gasteiger partial charge >= 0.3 is 0 Å². The molecule has 2 rings (SSSR count). The van der Waals surface area contributed by atoms with E-state index in [-0.39, 0.29) is 6.04 Å². The fraction of sp³-hybridized carbons (Fsp3) is 1.00. The van der Waals surface area contributed by atoms with Crippen LogP contribution in [0.5, 0.6) is 0 Å². The first-order chi connectivity index (χ1) is 8.88. The summed E-state index contributed by atoms with van der Waals surface area (Å²) in [6.45, 7) is 10.7. The Hall–Kier alpha value is -0.170. The molecular formula is C13H27N3O2S. The maximum absolute atomic E-state index is 12.8. The van der Waals surface area contributed by atoms with Crippen molar-refractivity contribution in [1.29, 1.82) is 0 Å². The first-order valence-corrected chi connectivity index (χ1v) is 8.77. The average Bonchev–Trinajstić information content (AvgIpc) is 2.47. The molecule has 0 saturated carbocycles. The van der Waals surface area contributed by atoms with Crippen molar-refractivity contribution < 1.29 is 8.42 Å². The summed E-state index contributed by atoms with van der Waals surface area (Å²) in [6, 6.07) is 0.151. The number of nitrogens with zero attached hydrogens (tertiary/aromatic N) is 2. The van der Waals surface area contributed by atoms with Crippen LogP contribution in [0.25, 0.3) is 0 Å². The first-order valence-electron chi connectivity index (χ1n) is 7.33. The van der Waals surface area contributed by atoms with Crippen molar-refractivity contribution in [2.75, 3.05) is 39.3 Å². The van der Waals surface area contributed by atoms with Crippen molar-refractivity contribution in [2.45, 2.75) is 44.4 Å². The molecule has 0 aromatic rings. The van der Waals surface area contributed by atoms with Gasteiger partial charge in [-0.25, -0.2) is 8.42 Å². The monoisotopic (exact) mass is 289 g/mol. The van der Waals surface area contributed by atoms with Crippen LogP contribution in [0, 0.1) is 0 Å². The minimum atomic E-state index is -3.23. The van der Waals surface area contributed by atoms with E-state index in [1.807, 2.05) is 13.8 Å². The fourth-order valence-electron chi connectivity index (χ4n) is 3.04. The molecule has 1 N–H and O–H groups in total. The van der Waals surface area contributed by atoms with Crippen molar-refractivity contribution in [3.8, 4) is 0 Å². The topological polar surface area (TPSA) is 52.6 Å². The summed E-state index contributed by atoms with van der Waals surface area (Å²) in [6.07, 6.45) is 2.09. The van der Waals surface area contributed by atoms with Crippen LogP contribution in [0.15, 0.2) is 0 Å². The van der Waals surface area contributed by atoms with E-state index < -0.39 is 14.8 Å². The van der Waals surface area contributed by atoms with Crippen molar-refractivity contribution in [3.05, 3.63) is 0 Å². The molecule has 6 heteroatoms. The van der Waals surface area contributed by atoms with E-state index in [0.29, 0.717) is 13.1 Å². The summed E-state index contributed by atoms with van der Waals surface area (Å²) in [7, 11) is -3.23. The van der Waals surface area contributed by atoms with Gasteiger partial charge in [0, 0.05) is 32.2 Å². The molecule has 0 aliphatic carbocycles. The standard InChI is InChI=1S/C13H27N3O2S/c1-4-15-8-5-6-12(10-15)16-9-7-14-11-13(2,3)19(16,17)18/h12,14H,4-11H2,1-3H3. The maximum Gasteiger partial charge on any atom is 0.220 e. The van der Waals surface area contributed by atoms with Gasteiger partial charge in [0.1, 0.15) is 0 Å². The van der Waals surface area contributed by atoms with Crippen LogP contribution in [0.1, 0.15) is 33.6 Å². The zero-order valence-corrected chi connectivity index (χ0v) is 13.2. The highest BCUT2D eigenvalue weighted by Gasteiger charge is 2.44. The molecule has 0 amide bonds. The molecule has 0 aromatic carbocycles. The Balaban J connectivity index is 2.21. The molecule has 1 atom stereocenters. The maximum atomic E-state index is 12.8. The number of hydrogen-bond donors (Lipinski definition) is 1. The van der Waals surface area contributed by atoms with E-state index in [2.05, 4.69) is 17.1 Å². The third kappa shape index (κ3) is 2.96. The molecule has 1 unspecified atom stereocenters. The number of hydrogen-bond acceptors (Lipinski definition) is 4. The molecular weight excluding hydrogens is 262 g/mol. The summed E-state index contributed by atoms with van der Waals surface area (Å²) >= 11 is 0. The molecule has 0 bridgehead atoms. The third-order valence-corrected chi connectivity index (χ3v) is 7.04. The van der Waals surface area contributed by atoms with Gasteiger partial charge in [0.25, 0.3) is 0 Å². The van der Waals surface area contributed by atoms with Gasteiger partial charge < -0.3 is 10.2 Å². The zero-order valence-electron chi connectivity index (χ0n) is 12.4. The molecule has 5 nitrogen and oxygen atoms in total. The highest BCUT2D eigenvalue weighted by atomic mass is 32.2. The number of piperidine rings is 1. The summed E-state index contributed by atoms with van der Waals surface area (Å²) in [5, 5.41) is 3.25. The largest absolute Gasteiger partial charge is 0.314 e. The lowest BCUT2D eigenvalue weighted by Gasteiger charge is -2.40. The first kappa shape index (κ1) is 15.2. The lowest BCUT2D eigenvalue weighted by atomic mass is 10.1. The molecule has 0 spiro atoms. The number of likely N-dealkylation sites (N-methyl/N-ethyl adjacent to an activating group) is 1. The Morgan fingerprint density at radius 1 is 1.32 bits per heavy atom. The Morgan fingerprint density at radius 2 is 2.05 bits per heavy atom. The second kappa shape index (κ2) is 5.68. The summed E-state index contributed by atoms with van der Waals surface area (Å²) in [5.74, 6) is 0. The van der Waals surface area contributed by atoms with Crippen LogP contribution >= 0.6 is 0 Å². The normalized spacial score (nSPS) is 32.9. The van der Waals surface area contributed by atoms with Crippen molar-refractivity contribution >= 4 is 10.0 Å². The van der Waals surface area contributed by atoms with Crippen LogP contribution < -0.4 is 5.32 Å². The van der Waals surface area contributed by atoms with E-state index in [4.69, 9.17) is 0 Å². The molecule has 112 valence electrons. The van der Waals surface area contributed by atoms with Crippen LogP contribution in [-0.2, 0) is 10.0 Å². The number of sulfonamides is 1. The lowest BCUT2D eigenvalue weighted by molar-refractivity contribution is 0.154. The van der Waals surface area contributed by atoms with Gasteiger partial charge in [-0.3, -0.25) is 0 Å². The fourth-order valence-corrected chi connectivity index (χ4v) is 4.86. The van der Waals surface area contributed by atoms with Crippen molar-refractivity contribution in [1.82, 2.24) is 14.5 Å². The smallest absolute Gasteiger partial charge is 0.220 e. The van der Waals surface area contributed by atoms with Crippen LogP contribution in [0.2, 0.25) is 0 Å². The second-order valence-corrected chi connectivity index (χ2v) is 8.77. The van der Waals surface area contributed by atoms with Gasteiger partial charge in [-0.2, -0.15) is 4.31 Å². The van der Waals surface area contributed by atoms with Crippen molar-refractivity contribution in [2.24, 2.45) is 0 Å². The highest BCUT2D eigenvalue weighted by Crippen LogP contribution is 2.27. The molecule has 2 aliphatic heterocycles.